The summed E-state index contributed by atoms with van der Waals surface area (Å²) in [4.78, 5) is 31.4. The molecule has 0 unspecified atom stereocenters. The van der Waals surface area contributed by atoms with E-state index in [0.717, 1.165) is 6.42 Å². The molecule has 2 fully saturated rings. The molecule has 2 aliphatic heterocycles. The van der Waals surface area contributed by atoms with E-state index in [4.69, 9.17) is 9.15 Å². The van der Waals surface area contributed by atoms with Crippen molar-refractivity contribution in [1.29, 1.82) is 0 Å². The van der Waals surface area contributed by atoms with E-state index in [1.165, 1.54) is 0 Å². The number of furan rings is 1. The number of nitrogens with one attached hydrogen (secondary N) is 1. The van der Waals surface area contributed by atoms with Crippen LogP contribution in [0.2, 0.25) is 0 Å². The van der Waals surface area contributed by atoms with Gasteiger partial charge in [-0.25, -0.2) is 0 Å². The molecule has 2 saturated heterocycles. The summed E-state index contributed by atoms with van der Waals surface area (Å²) >= 11 is 0. The Morgan fingerprint density at radius 3 is 3.00 bits per heavy atom. The van der Waals surface area contributed by atoms with Gasteiger partial charge in [0.2, 0.25) is 5.91 Å². The van der Waals surface area contributed by atoms with Crippen molar-refractivity contribution < 1.29 is 18.7 Å². The number of amides is 2. The van der Waals surface area contributed by atoms with Crippen LogP contribution in [0.4, 0.5) is 0 Å². The van der Waals surface area contributed by atoms with E-state index in [9.17, 15) is 9.59 Å². The van der Waals surface area contributed by atoms with Crippen LogP contribution in [-0.2, 0) is 16.1 Å². The molecule has 2 aliphatic rings. The highest BCUT2D eigenvalue weighted by atomic mass is 16.5. The minimum atomic E-state index is -0.301. The van der Waals surface area contributed by atoms with E-state index in [1.54, 1.807) is 41.8 Å². The van der Waals surface area contributed by atoms with Crippen LogP contribution >= 0.6 is 0 Å². The van der Waals surface area contributed by atoms with Crippen molar-refractivity contribution in [1.82, 2.24) is 15.2 Å². The maximum Gasteiger partial charge on any atom is 0.255 e. The summed E-state index contributed by atoms with van der Waals surface area (Å²) < 4.78 is 11.0. The van der Waals surface area contributed by atoms with Crippen LogP contribution in [0, 0.1) is 5.92 Å². The third kappa shape index (κ3) is 3.35. The van der Waals surface area contributed by atoms with Gasteiger partial charge in [-0.3, -0.25) is 14.6 Å². The number of piperidine rings is 1. The first-order valence-electron chi connectivity index (χ1n) is 8.85. The number of likely N-dealkylation sites (tertiary alicyclic amines) is 1. The number of hydrogen-bond donors (Lipinski definition) is 1. The van der Waals surface area contributed by atoms with E-state index in [2.05, 4.69) is 10.3 Å². The van der Waals surface area contributed by atoms with Crippen LogP contribution in [0.5, 0.6) is 0 Å². The van der Waals surface area contributed by atoms with E-state index in [-0.39, 0.29) is 29.9 Å². The summed E-state index contributed by atoms with van der Waals surface area (Å²) in [5, 5.41) is 2.90. The summed E-state index contributed by atoms with van der Waals surface area (Å²) in [6, 6.07) is 7.12. The second-order valence-corrected chi connectivity index (χ2v) is 6.69. The quantitative estimate of drug-likeness (QED) is 0.901. The minimum absolute atomic E-state index is 0.0248. The molecule has 0 saturated carbocycles. The molecule has 136 valence electrons. The number of rotatable bonds is 4. The fraction of sp³-hybridized carbons (Fsp3) is 0.421. The molecular formula is C19H21N3O4. The average molecular weight is 355 g/mol. The Balaban J connectivity index is 1.47. The van der Waals surface area contributed by atoms with Gasteiger partial charge < -0.3 is 19.4 Å². The first-order chi connectivity index (χ1) is 12.7. The molecule has 0 aliphatic carbocycles. The second kappa shape index (κ2) is 7.29. The van der Waals surface area contributed by atoms with Gasteiger partial charge in [0.05, 0.1) is 36.4 Å². The highest BCUT2D eigenvalue weighted by Gasteiger charge is 2.44. The van der Waals surface area contributed by atoms with Crippen molar-refractivity contribution in [2.75, 3.05) is 13.2 Å². The lowest BCUT2D eigenvalue weighted by molar-refractivity contribution is -0.129. The molecular weight excluding hydrogens is 334 g/mol. The monoisotopic (exact) mass is 355 g/mol. The Labute approximate surface area is 151 Å². The van der Waals surface area contributed by atoms with Crippen molar-refractivity contribution in [3.8, 4) is 0 Å². The maximum atomic E-state index is 12.9. The molecule has 2 aromatic rings. The van der Waals surface area contributed by atoms with Gasteiger partial charge in [0.1, 0.15) is 5.76 Å². The lowest BCUT2D eigenvalue weighted by atomic mass is 9.89. The number of fused-ring (bicyclic) bond motifs is 1. The Morgan fingerprint density at radius 1 is 1.31 bits per heavy atom. The molecule has 7 heteroatoms. The van der Waals surface area contributed by atoms with Gasteiger partial charge in [0.25, 0.3) is 5.91 Å². The summed E-state index contributed by atoms with van der Waals surface area (Å²) in [7, 11) is 0. The minimum Gasteiger partial charge on any atom is -0.467 e. The van der Waals surface area contributed by atoms with Crippen molar-refractivity contribution in [3.05, 3.63) is 54.2 Å². The van der Waals surface area contributed by atoms with Gasteiger partial charge in [-0.15, -0.1) is 0 Å². The molecule has 4 heterocycles. The van der Waals surface area contributed by atoms with Gasteiger partial charge in [-0.05, 0) is 37.1 Å². The zero-order chi connectivity index (χ0) is 17.9. The van der Waals surface area contributed by atoms with Crippen LogP contribution < -0.4 is 5.32 Å². The Hall–Kier alpha value is -2.67. The molecule has 0 bridgehead atoms. The van der Waals surface area contributed by atoms with Crippen molar-refractivity contribution in [2.45, 2.75) is 31.5 Å². The van der Waals surface area contributed by atoms with Gasteiger partial charge >= 0.3 is 0 Å². The lowest BCUT2D eigenvalue weighted by Crippen LogP contribution is -2.55. The molecule has 0 aromatic carbocycles. The fourth-order valence-electron chi connectivity index (χ4n) is 3.76. The normalized spacial score (nSPS) is 24.9. The molecule has 0 spiro atoms. The first kappa shape index (κ1) is 16.8. The Morgan fingerprint density at radius 2 is 2.23 bits per heavy atom. The van der Waals surface area contributed by atoms with Gasteiger partial charge in [0.15, 0.2) is 0 Å². The molecule has 1 N–H and O–H groups in total. The lowest BCUT2D eigenvalue weighted by Gasteiger charge is -2.40. The van der Waals surface area contributed by atoms with Gasteiger partial charge in [-0.1, -0.05) is 0 Å². The summed E-state index contributed by atoms with van der Waals surface area (Å²) in [6.07, 6.45) is 6.12. The highest BCUT2D eigenvalue weighted by molar-refractivity contribution is 5.94. The van der Waals surface area contributed by atoms with Crippen LogP contribution in [0.25, 0.3) is 0 Å². The SMILES string of the molecule is O=C(NCc1ccco1)[C@H]1C[C@H]2OCC[C@H]2N(C(=O)c2cccnc2)C1. The standard InChI is InChI=1S/C19H21N3O4/c23-18(21-11-15-4-2-7-25-15)14-9-17-16(5-8-26-17)22(12-14)19(24)13-3-1-6-20-10-13/h1-4,6-7,10,14,16-17H,5,8-9,11-12H2,(H,21,23)/t14-,16+,17+/m0/s1. The summed E-state index contributed by atoms with van der Waals surface area (Å²) in [6.45, 7) is 1.35. The topological polar surface area (TPSA) is 84.7 Å². The fourth-order valence-corrected chi connectivity index (χ4v) is 3.76. The molecule has 7 nitrogen and oxygen atoms in total. The summed E-state index contributed by atoms with van der Waals surface area (Å²) in [5.74, 6) is 0.221. The number of ether oxygens (including phenoxy) is 1. The molecule has 26 heavy (non-hydrogen) atoms. The highest BCUT2D eigenvalue weighted by Crippen LogP contribution is 2.32. The second-order valence-electron chi connectivity index (χ2n) is 6.69. The van der Waals surface area contributed by atoms with Crippen LogP contribution in [0.3, 0.4) is 0 Å². The van der Waals surface area contributed by atoms with Crippen LogP contribution in [0.15, 0.2) is 47.3 Å². The first-order valence-corrected chi connectivity index (χ1v) is 8.85. The van der Waals surface area contributed by atoms with Crippen molar-refractivity contribution in [2.24, 2.45) is 5.92 Å². The number of aromatic nitrogens is 1. The molecule has 2 amide bonds. The predicted octanol–water partition coefficient (Wildman–Crippen LogP) is 1.61. The zero-order valence-corrected chi connectivity index (χ0v) is 14.3. The number of nitrogens with zero attached hydrogens (tertiary/aromatic N) is 2. The van der Waals surface area contributed by atoms with E-state index >= 15 is 0 Å². The van der Waals surface area contributed by atoms with E-state index < -0.39 is 0 Å². The van der Waals surface area contributed by atoms with Crippen LogP contribution in [-0.4, -0.2) is 47.0 Å². The zero-order valence-electron chi connectivity index (χ0n) is 14.3. The van der Waals surface area contributed by atoms with Gasteiger partial charge in [-0.2, -0.15) is 0 Å². The molecule has 2 aromatic heterocycles. The number of carbonyl (C=O) groups is 2. The Bertz CT molecular complexity index is 762. The summed E-state index contributed by atoms with van der Waals surface area (Å²) in [5.41, 5.74) is 0.537. The van der Waals surface area contributed by atoms with E-state index in [0.29, 0.717) is 37.4 Å². The molecule has 0 radical (unpaired) electrons. The molecule has 4 rings (SSSR count). The Kier molecular flexibility index (Phi) is 4.71. The molecule has 3 atom stereocenters. The smallest absolute Gasteiger partial charge is 0.255 e. The van der Waals surface area contributed by atoms with E-state index in [1.807, 2.05) is 6.07 Å². The number of carbonyl (C=O) groups excluding carboxylic acids is 2. The third-order valence-corrected chi connectivity index (χ3v) is 5.07. The number of hydrogen-bond acceptors (Lipinski definition) is 5. The van der Waals surface area contributed by atoms with Crippen LogP contribution in [0.1, 0.15) is 29.0 Å². The largest absolute Gasteiger partial charge is 0.467 e. The van der Waals surface area contributed by atoms with Crippen molar-refractivity contribution >= 4 is 11.8 Å². The number of pyridine rings is 1. The predicted molar refractivity (Wildman–Crippen MR) is 92.1 cm³/mol. The third-order valence-electron chi connectivity index (χ3n) is 5.07. The average Bonchev–Trinajstić information content (AvgIpc) is 3.37. The van der Waals surface area contributed by atoms with Gasteiger partial charge in [0, 0.05) is 25.5 Å². The van der Waals surface area contributed by atoms with Crippen molar-refractivity contribution in [3.63, 3.8) is 0 Å². The maximum absolute atomic E-state index is 12.9.